The van der Waals surface area contributed by atoms with Gasteiger partial charge in [-0.05, 0) is 62.8 Å². The molecule has 1 amide bonds. The first-order valence-electron chi connectivity index (χ1n) is 8.09. The van der Waals surface area contributed by atoms with Crippen LogP contribution >= 0.6 is 0 Å². The van der Waals surface area contributed by atoms with Crippen LogP contribution in [0.15, 0.2) is 18.2 Å². The summed E-state index contributed by atoms with van der Waals surface area (Å²) in [6, 6.07) is 4.59. The van der Waals surface area contributed by atoms with Gasteiger partial charge in [0.15, 0.2) is 11.6 Å². The smallest absolute Gasteiger partial charge is 0.237 e. The molecule has 4 nitrogen and oxygen atoms in total. The van der Waals surface area contributed by atoms with E-state index in [-0.39, 0.29) is 23.8 Å². The third-order valence-corrected chi connectivity index (χ3v) is 4.36. The lowest BCUT2D eigenvalue weighted by Crippen LogP contribution is -2.41. The van der Waals surface area contributed by atoms with Crippen molar-refractivity contribution in [2.24, 2.45) is 5.92 Å². The van der Waals surface area contributed by atoms with E-state index in [1.54, 1.807) is 6.07 Å². The maximum atomic E-state index is 14.1. The van der Waals surface area contributed by atoms with Crippen molar-refractivity contribution in [1.29, 1.82) is 0 Å². The summed E-state index contributed by atoms with van der Waals surface area (Å²) in [7, 11) is 0. The van der Waals surface area contributed by atoms with Gasteiger partial charge in [-0.15, -0.1) is 0 Å². The number of benzene rings is 1. The Balaban J connectivity index is 1.57. The number of halogens is 1. The molecular formula is C17H23FN2O2. The van der Waals surface area contributed by atoms with Crippen LogP contribution in [0.25, 0.3) is 0 Å². The zero-order chi connectivity index (χ0) is 15.5. The topological polar surface area (TPSA) is 50.4 Å². The maximum Gasteiger partial charge on any atom is 0.237 e. The molecule has 0 spiro atoms. The van der Waals surface area contributed by atoms with Crippen molar-refractivity contribution in [3.8, 4) is 5.75 Å². The molecule has 1 heterocycles. The molecule has 2 aliphatic rings. The highest BCUT2D eigenvalue weighted by molar-refractivity contribution is 5.82. The van der Waals surface area contributed by atoms with Crippen LogP contribution in [0.1, 0.15) is 44.2 Å². The quantitative estimate of drug-likeness (QED) is 0.849. The first-order valence-corrected chi connectivity index (χ1v) is 8.09. The summed E-state index contributed by atoms with van der Waals surface area (Å²) >= 11 is 0. The second-order valence-electron chi connectivity index (χ2n) is 6.32. The molecule has 2 unspecified atom stereocenters. The van der Waals surface area contributed by atoms with Gasteiger partial charge in [0.1, 0.15) is 0 Å². The summed E-state index contributed by atoms with van der Waals surface area (Å²) < 4.78 is 19.6. The van der Waals surface area contributed by atoms with Gasteiger partial charge in [0.25, 0.3) is 0 Å². The number of rotatable bonds is 6. The zero-order valence-corrected chi connectivity index (χ0v) is 12.9. The average molecular weight is 306 g/mol. The van der Waals surface area contributed by atoms with E-state index in [4.69, 9.17) is 4.74 Å². The van der Waals surface area contributed by atoms with E-state index >= 15 is 0 Å². The Hall–Kier alpha value is -1.62. The van der Waals surface area contributed by atoms with Gasteiger partial charge in [-0.3, -0.25) is 4.79 Å². The molecule has 3 rings (SSSR count). The van der Waals surface area contributed by atoms with Gasteiger partial charge in [-0.25, -0.2) is 4.39 Å². The molecule has 5 heteroatoms. The molecule has 0 radical (unpaired) electrons. The fourth-order valence-electron chi connectivity index (χ4n) is 2.70. The molecule has 1 aliphatic carbocycles. The predicted octanol–water partition coefficient (Wildman–Crippen LogP) is 2.54. The molecule has 22 heavy (non-hydrogen) atoms. The van der Waals surface area contributed by atoms with E-state index < -0.39 is 0 Å². The zero-order valence-electron chi connectivity index (χ0n) is 12.9. The summed E-state index contributed by atoms with van der Waals surface area (Å²) in [4.78, 5) is 12.1. The van der Waals surface area contributed by atoms with E-state index in [0.29, 0.717) is 18.3 Å². The minimum Gasteiger partial charge on any atom is -0.490 e. The normalized spacial score (nSPS) is 22.4. The van der Waals surface area contributed by atoms with E-state index in [2.05, 4.69) is 10.6 Å². The number of carbonyl (C=O) groups is 1. The highest BCUT2D eigenvalue weighted by Crippen LogP contribution is 2.30. The van der Waals surface area contributed by atoms with Crippen LogP contribution in [-0.2, 0) is 4.79 Å². The van der Waals surface area contributed by atoms with Gasteiger partial charge in [-0.1, -0.05) is 6.07 Å². The van der Waals surface area contributed by atoms with E-state index in [1.807, 2.05) is 13.0 Å². The third kappa shape index (κ3) is 3.77. The first-order chi connectivity index (χ1) is 10.6. The Morgan fingerprint density at radius 3 is 2.91 bits per heavy atom. The van der Waals surface area contributed by atoms with Crippen LogP contribution < -0.4 is 15.4 Å². The standard InChI is InChI=1S/C17H23FN2O2/c1-11(20-17(21)15-3-2-8-19-15)13-6-7-16(14(18)9-13)22-10-12-4-5-12/h6-7,9,11-12,15,19H,2-5,8,10H2,1H3,(H,20,21). The van der Waals surface area contributed by atoms with Crippen LogP contribution in [0.2, 0.25) is 0 Å². The second kappa shape index (κ2) is 6.65. The van der Waals surface area contributed by atoms with Crippen molar-refractivity contribution in [1.82, 2.24) is 10.6 Å². The van der Waals surface area contributed by atoms with Crippen LogP contribution in [-0.4, -0.2) is 25.1 Å². The number of carbonyl (C=O) groups excluding carboxylic acids is 1. The fourth-order valence-corrected chi connectivity index (χ4v) is 2.70. The summed E-state index contributed by atoms with van der Waals surface area (Å²) in [5.74, 6) is 0.514. The van der Waals surface area contributed by atoms with Gasteiger partial charge in [0.2, 0.25) is 5.91 Å². The van der Waals surface area contributed by atoms with Gasteiger partial charge < -0.3 is 15.4 Å². The van der Waals surface area contributed by atoms with Crippen molar-refractivity contribution in [2.75, 3.05) is 13.2 Å². The molecule has 120 valence electrons. The van der Waals surface area contributed by atoms with Gasteiger partial charge in [0.05, 0.1) is 18.7 Å². The second-order valence-corrected chi connectivity index (χ2v) is 6.32. The van der Waals surface area contributed by atoms with Crippen LogP contribution in [0.4, 0.5) is 4.39 Å². The monoisotopic (exact) mass is 306 g/mol. The number of hydrogen-bond donors (Lipinski definition) is 2. The molecule has 2 atom stereocenters. The minimum absolute atomic E-state index is 0.0144. The number of nitrogens with one attached hydrogen (secondary N) is 2. The summed E-state index contributed by atoms with van der Waals surface area (Å²) in [6.45, 7) is 3.34. The summed E-state index contributed by atoms with van der Waals surface area (Å²) in [5.41, 5.74) is 0.752. The predicted molar refractivity (Wildman–Crippen MR) is 82.2 cm³/mol. The molecule has 2 fully saturated rings. The first kappa shape index (κ1) is 15.3. The Morgan fingerprint density at radius 1 is 1.45 bits per heavy atom. The lowest BCUT2D eigenvalue weighted by Gasteiger charge is -2.18. The van der Waals surface area contributed by atoms with Crippen molar-refractivity contribution < 1.29 is 13.9 Å². The van der Waals surface area contributed by atoms with Gasteiger partial charge in [-0.2, -0.15) is 0 Å². The molecule has 1 saturated heterocycles. The number of ether oxygens (including phenoxy) is 1. The number of hydrogen-bond acceptors (Lipinski definition) is 3. The van der Waals surface area contributed by atoms with Crippen LogP contribution in [0, 0.1) is 11.7 Å². The Kier molecular flexibility index (Phi) is 4.62. The molecule has 1 aliphatic heterocycles. The van der Waals surface area contributed by atoms with E-state index in [9.17, 15) is 9.18 Å². The van der Waals surface area contributed by atoms with Crippen molar-refractivity contribution in [3.05, 3.63) is 29.6 Å². The summed E-state index contributed by atoms with van der Waals surface area (Å²) in [5, 5.41) is 6.10. The van der Waals surface area contributed by atoms with Crippen LogP contribution in [0.3, 0.4) is 0 Å². The Morgan fingerprint density at radius 2 is 2.27 bits per heavy atom. The third-order valence-electron chi connectivity index (χ3n) is 4.36. The number of amides is 1. The molecule has 0 aromatic heterocycles. The lowest BCUT2D eigenvalue weighted by molar-refractivity contribution is -0.123. The van der Waals surface area contributed by atoms with Crippen molar-refractivity contribution >= 4 is 5.91 Å². The molecule has 1 aromatic carbocycles. The van der Waals surface area contributed by atoms with Gasteiger partial charge >= 0.3 is 0 Å². The molecule has 1 saturated carbocycles. The SMILES string of the molecule is CC(NC(=O)C1CCCN1)c1ccc(OCC2CC2)c(F)c1. The average Bonchev–Trinajstić information content (AvgIpc) is 3.16. The molecule has 1 aromatic rings. The Bertz CT molecular complexity index is 539. The van der Waals surface area contributed by atoms with Gasteiger partial charge in [0, 0.05) is 0 Å². The van der Waals surface area contributed by atoms with Crippen LogP contribution in [0.5, 0.6) is 5.75 Å². The lowest BCUT2D eigenvalue weighted by atomic mass is 10.1. The fraction of sp³-hybridized carbons (Fsp3) is 0.588. The van der Waals surface area contributed by atoms with Crippen molar-refractivity contribution in [3.63, 3.8) is 0 Å². The summed E-state index contributed by atoms with van der Waals surface area (Å²) in [6.07, 6.45) is 4.24. The largest absolute Gasteiger partial charge is 0.490 e. The van der Waals surface area contributed by atoms with E-state index in [1.165, 1.54) is 18.9 Å². The highest BCUT2D eigenvalue weighted by atomic mass is 19.1. The van der Waals surface area contributed by atoms with E-state index in [0.717, 1.165) is 24.9 Å². The maximum absolute atomic E-state index is 14.1. The molecule has 2 N–H and O–H groups in total. The molecule has 0 bridgehead atoms. The minimum atomic E-state index is -0.363. The molecular weight excluding hydrogens is 283 g/mol. The van der Waals surface area contributed by atoms with Crippen molar-refractivity contribution in [2.45, 2.75) is 44.7 Å². The highest BCUT2D eigenvalue weighted by Gasteiger charge is 2.24. The Labute approximate surface area is 130 Å².